The van der Waals surface area contributed by atoms with E-state index in [1.165, 1.54) is 30.3 Å². The summed E-state index contributed by atoms with van der Waals surface area (Å²) in [6.45, 7) is 0. The second-order valence-corrected chi connectivity index (χ2v) is 6.08. The molecule has 0 fully saturated rings. The highest BCUT2D eigenvalue weighted by atomic mass is 19.2. The number of ether oxygens (including phenoxy) is 2. The van der Waals surface area contributed by atoms with Gasteiger partial charge in [-0.1, -0.05) is 6.07 Å². The maximum atomic E-state index is 14.0. The zero-order valence-corrected chi connectivity index (χ0v) is 16.0. The number of nitrogens with two attached hydrogens (primary N) is 1. The Hall–Kier alpha value is -4.52. The molecule has 0 aliphatic heterocycles. The van der Waals surface area contributed by atoms with E-state index in [0.717, 1.165) is 25.4 Å². The molecule has 156 valence electrons. The van der Waals surface area contributed by atoms with Crippen LogP contribution in [-0.2, 0) is 0 Å². The lowest BCUT2D eigenvalue weighted by molar-refractivity contribution is 0.0995. The zero-order chi connectivity index (χ0) is 22.5. The number of aromatic nitrogens is 1. The Morgan fingerprint density at radius 1 is 1.19 bits per heavy atom. The van der Waals surface area contributed by atoms with E-state index < -0.39 is 29.2 Å². The van der Waals surface area contributed by atoms with Gasteiger partial charge in [0.15, 0.2) is 11.6 Å². The molecule has 1 heterocycles. The smallest absolute Gasteiger partial charge is 0.261 e. The van der Waals surface area contributed by atoms with Crippen molar-refractivity contribution in [3.05, 3.63) is 77.0 Å². The number of rotatable bonds is 6. The molecule has 1 aromatic heterocycles. The van der Waals surface area contributed by atoms with Gasteiger partial charge in [0.2, 0.25) is 23.4 Å². The van der Waals surface area contributed by atoms with E-state index in [9.17, 15) is 18.4 Å². The maximum absolute atomic E-state index is 14.0. The zero-order valence-electron chi connectivity index (χ0n) is 16.0. The number of halogens is 2. The molecule has 0 bridgehead atoms. The summed E-state index contributed by atoms with van der Waals surface area (Å²) in [5.41, 5.74) is 5.54. The van der Waals surface area contributed by atoms with Gasteiger partial charge in [0, 0.05) is 17.4 Å². The molecule has 0 spiro atoms. The van der Waals surface area contributed by atoms with Gasteiger partial charge in [-0.05, 0) is 36.4 Å². The summed E-state index contributed by atoms with van der Waals surface area (Å²) in [4.78, 5) is 28.1. The van der Waals surface area contributed by atoms with Crippen LogP contribution in [0.1, 0.15) is 26.3 Å². The predicted octanol–water partition coefficient (Wildman–Crippen LogP) is 3.38. The fraction of sp³-hybridized carbons (Fsp3) is 0.0476. The number of nitriles is 1. The highest BCUT2D eigenvalue weighted by Gasteiger charge is 2.21. The Kier molecular flexibility index (Phi) is 6.07. The van der Waals surface area contributed by atoms with E-state index in [-0.39, 0.29) is 34.0 Å². The van der Waals surface area contributed by atoms with Crippen molar-refractivity contribution in [2.45, 2.75) is 0 Å². The monoisotopic (exact) mass is 424 g/mol. The molecule has 8 nitrogen and oxygen atoms in total. The van der Waals surface area contributed by atoms with Gasteiger partial charge in [0.1, 0.15) is 11.6 Å². The maximum Gasteiger partial charge on any atom is 0.261 e. The Bertz CT molecular complexity index is 1220. The Labute approximate surface area is 174 Å². The van der Waals surface area contributed by atoms with E-state index in [1.807, 2.05) is 6.07 Å². The Balaban J connectivity index is 1.98. The number of hydrogen-bond donors (Lipinski definition) is 2. The van der Waals surface area contributed by atoms with Crippen LogP contribution in [0.25, 0.3) is 0 Å². The van der Waals surface area contributed by atoms with Crippen molar-refractivity contribution < 1.29 is 27.8 Å². The van der Waals surface area contributed by atoms with Crippen LogP contribution in [-0.4, -0.2) is 23.9 Å². The van der Waals surface area contributed by atoms with E-state index >= 15 is 0 Å². The van der Waals surface area contributed by atoms with E-state index in [1.54, 1.807) is 0 Å². The number of hydrogen-bond acceptors (Lipinski definition) is 6. The van der Waals surface area contributed by atoms with Crippen molar-refractivity contribution in [3.8, 4) is 23.4 Å². The summed E-state index contributed by atoms with van der Waals surface area (Å²) in [7, 11) is 1.12. The largest absolute Gasteiger partial charge is 0.490 e. The molecule has 3 aromatic rings. The minimum Gasteiger partial charge on any atom is -0.490 e. The number of carbonyl (C=O) groups excluding carboxylic acids is 2. The third kappa shape index (κ3) is 4.56. The van der Waals surface area contributed by atoms with Gasteiger partial charge in [-0.25, -0.2) is 9.37 Å². The Morgan fingerprint density at radius 3 is 2.65 bits per heavy atom. The lowest BCUT2D eigenvalue weighted by atomic mass is 10.1. The minimum atomic E-state index is -1.28. The van der Waals surface area contributed by atoms with Gasteiger partial charge < -0.3 is 20.5 Å². The van der Waals surface area contributed by atoms with E-state index in [2.05, 4.69) is 10.3 Å². The van der Waals surface area contributed by atoms with Crippen LogP contribution < -0.4 is 20.5 Å². The SMILES string of the molecule is COc1c(Oc2ncc(C#N)cc2C(=O)Nc2cccc(C(N)=O)c2)ccc(F)c1F. The molecule has 2 aromatic carbocycles. The van der Waals surface area contributed by atoms with Crippen molar-refractivity contribution in [1.29, 1.82) is 5.26 Å². The van der Waals surface area contributed by atoms with E-state index in [0.29, 0.717) is 0 Å². The third-order valence-corrected chi connectivity index (χ3v) is 4.05. The third-order valence-electron chi connectivity index (χ3n) is 4.05. The first kappa shape index (κ1) is 21.2. The molecule has 0 saturated heterocycles. The molecular formula is C21H14F2N4O4. The van der Waals surface area contributed by atoms with Crippen LogP contribution in [0.5, 0.6) is 17.4 Å². The average Bonchev–Trinajstić information content (AvgIpc) is 2.77. The molecule has 0 saturated carbocycles. The van der Waals surface area contributed by atoms with Gasteiger partial charge in [-0.15, -0.1) is 0 Å². The van der Waals surface area contributed by atoms with Crippen LogP contribution in [0.4, 0.5) is 14.5 Å². The first-order valence-electron chi connectivity index (χ1n) is 8.65. The number of carbonyl (C=O) groups is 2. The molecule has 0 aliphatic carbocycles. The molecule has 3 N–H and O–H groups in total. The summed E-state index contributed by atoms with van der Waals surface area (Å²) in [5, 5.41) is 11.7. The fourth-order valence-corrected chi connectivity index (χ4v) is 2.60. The number of anilines is 1. The van der Waals surface area contributed by atoms with Crippen LogP contribution in [0, 0.1) is 23.0 Å². The van der Waals surface area contributed by atoms with Crippen molar-refractivity contribution in [2.24, 2.45) is 5.73 Å². The second-order valence-electron chi connectivity index (χ2n) is 6.08. The highest BCUT2D eigenvalue weighted by molar-refractivity contribution is 6.06. The lowest BCUT2D eigenvalue weighted by Gasteiger charge is -2.14. The summed E-state index contributed by atoms with van der Waals surface area (Å²) >= 11 is 0. The first-order chi connectivity index (χ1) is 14.8. The molecule has 0 atom stereocenters. The molecule has 2 amide bonds. The standard InChI is InChI=1S/C21H14F2N4O4/c1-30-18-16(6-5-15(22)17(18)23)31-21-14(7-11(9-24)10-26-21)20(29)27-13-4-2-3-12(8-13)19(25)28/h2-8,10H,1H3,(H2,25,28)(H,27,29). The molecule has 0 aliphatic rings. The molecule has 0 unspecified atom stereocenters. The molecule has 0 radical (unpaired) electrons. The number of methoxy groups -OCH3 is 1. The van der Waals surface area contributed by atoms with Crippen LogP contribution in [0.3, 0.4) is 0 Å². The average molecular weight is 424 g/mol. The number of nitrogens with one attached hydrogen (secondary N) is 1. The predicted molar refractivity (Wildman–Crippen MR) is 105 cm³/mol. The van der Waals surface area contributed by atoms with Gasteiger partial charge in [-0.2, -0.15) is 9.65 Å². The van der Waals surface area contributed by atoms with Gasteiger partial charge in [-0.3, -0.25) is 9.59 Å². The van der Waals surface area contributed by atoms with Crippen LogP contribution in [0.15, 0.2) is 48.7 Å². The topological polar surface area (TPSA) is 127 Å². The number of amides is 2. The van der Waals surface area contributed by atoms with Gasteiger partial charge in [0.25, 0.3) is 5.91 Å². The minimum absolute atomic E-state index is 0.0561. The van der Waals surface area contributed by atoms with Crippen molar-refractivity contribution in [3.63, 3.8) is 0 Å². The second kappa shape index (κ2) is 8.87. The first-order valence-corrected chi connectivity index (χ1v) is 8.65. The van der Waals surface area contributed by atoms with E-state index in [4.69, 9.17) is 20.5 Å². The number of nitrogens with zero attached hydrogens (tertiary/aromatic N) is 2. The molecular weight excluding hydrogens is 410 g/mol. The van der Waals surface area contributed by atoms with Crippen LogP contribution in [0.2, 0.25) is 0 Å². The lowest BCUT2D eigenvalue weighted by Crippen LogP contribution is -2.16. The number of benzene rings is 2. The summed E-state index contributed by atoms with van der Waals surface area (Å²) < 4.78 is 37.8. The number of pyridine rings is 1. The van der Waals surface area contributed by atoms with Gasteiger partial charge in [0.05, 0.1) is 12.7 Å². The van der Waals surface area contributed by atoms with Crippen molar-refractivity contribution in [2.75, 3.05) is 12.4 Å². The number of primary amides is 1. The fourth-order valence-electron chi connectivity index (χ4n) is 2.60. The van der Waals surface area contributed by atoms with Crippen LogP contribution >= 0.6 is 0 Å². The normalized spacial score (nSPS) is 10.1. The summed E-state index contributed by atoms with van der Waals surface area (Å²) in [6.07, 6.45) is 1.15. The highest BCUT2D eigenvalue weighted by Crippen LogP contribution is 2.35. The quantitative estimate of drug-likeness (QED) is 0.624. The van der Waals surface area contributed by atoms with Crippen molar-refractivity contribution >= 4 is 17.5 Å². The molecule has 10 heteroatoms. The molecule has 31 heavy (non-hydrogen) atoms. The van der Waals surface area contributed by atoms with Crippen molar-refractivity contribution in [1.82, 2.24) is 4.98 Å². The molecule has 3 rings (SSSR count). The van der Waals surface area contributed by atoms with Gasteiger partial charge >= 0.3 is 0 Å². The summed E-state index contributed by atoms with van der Waals surface area (Å²) in [6, 6.07) is 10.9. The Morgan fingerprint density at radius 2 is 1.97 bits per heavy atom. The summed E-state index contributed by atoms with van der Waals surface area (Å²) in [5.74, 6) is -4.88.